The summed E-state index contributed by atoms with van der Waals surface area (Å²) in [5, 5.41) is 10.0. The Bertz CT molecular complexity index is 1210. The van der Waals surface area contributed by atoms with Gasteiger partial charge < -0.3 is 9.84 Å². The fourth-order valence-corrected chi connectivity index (χ4v) is 7.83. The Balaban J connectivity index is 1.76. The molecule has 1 saturated carbocycles. The van der Waals surface area contributed by atoms with Gasteiger partial charge in [0.05, 0.1) is 24.4 Å². The summed E-state index contributed by atoms with van der Waals surface area (Å²) in [7, 11) is 1.42. The minimum absolute atomic E-state index is 0.0533. The van der Waals surface area contributed by atoms with Gasteiger partial charge in [-0.25, -0.2) is 0 Å². The maximum atomic E-state index is 13.7. The van der Waals surface area contributed by atoms with E-state index in [2.05, 4.69) is 15.9 Å². The fourth-order valence-electron chi connectivity index (χ4n) is 6.41. The molecular formula is C24H23BrCl2N2O6. The molecule has 4 aliphatic rings. The van der Waals surface area contributed by atoms with Gasteiger partial charge >= 0.3 is 0 Å². The predicted molar refractivity (Wildman–Crippen MR) is 130 cm³/mol. The van der Waals surface area contributed by atoms with Crippen LogP contribution in [0.5, 0.6) is 11.5 Å². The van der Waals surface area contributed by atoms with Crippen LogP contribution < -0.4 is 4.74 Å². The van der Waals surface area contributed by atoms with Crippen molar-refractivity contribution in [3.05, 3.63) is 35.4 Å². The number of likely N-dealkylation sites (tertiary alicyclic amines) is 2. The number of halogens is 3. The molecular weight excluding hydrogens is 563 g/mol. The Kier molecular flexibility index (Phi) is 5.77. The molecule has 1 N–H and O–H groups in total. The topological polar surface area (TPSA) is 104 Å². The first-order valence-corrected chi connectivity index (χ1v) is 13.2. The van der Waals surface area contributed by atoms with E-state index in [-0.39, 0.29) is 41.7 Å². The van der Waals surface area contributed by atoms with Crippen molar-refractivity contribution < 1.29 is 29.0 Å². The monoisotopic (exact) mass is 584 g/mol. The molecule has 2 heterocycles. The molecule has 0 aromatic heterocycles. The van der Waals surface area contributed by atoms with E-state index in [1.165, 1.54) is 24.1 Å². The number of imide groups is 2. The number of benzene rings is 1. The third kappa shape index (κ3) is 2.98. The highest BCUT2D eigenvalue weighted by atomic mass is 79.9. The number of amides is 4. The van der Waals surface area contributed by atoms with Crippen LogP contribution in [0.4, 0.5) is 0 Å². The summed E-state index contributed by atoms with van der Waals surface area (Å²) >= 11 is 17.5. The predicted octanol–water partition coefficient (Wildman–Crippen LogP) is 3.13. The van der Waals surface area contributed by atoms with Crippen LogP contribution in [0.15, 0.2) is 29.8 Å². The second kappa shape index (κ2) is 8.21. The summed E-state index contributed by atoms with van der Waals surface area (Å²) in [4.78, 5) is 52.0. The molecule has 1 aromatic carbocycles. The molecule has 35 heavy (non-hydrogen) atoms. The molecule has 0 radical (unpaired) electrons. The molecule has 2 saturated heterocycles. The molecule has 0 spiro atoms. The van der Waals surface area contributed by atoms with Gasteiger partial charge in [-0.05, 0) is 31.7 Å². The molecule has 1 aromatic rings. The Morgan fingerprint density at radius 1 is 1.11 bits per heavy atom. The first-order valence-electron chi connectivity index (χ1n) is 11.3. The number of carbonyl (C=O) groups excluding carboxylic acids is 4. The van der Waals surface area contributed by atoms with Crippen molar-refractivity contribution in [2.24, 2.45) is 17.8 Å². The van der Waals surface area contributed by atoms with Gasteiger partial charge in [-0.2, -0.15) is 0 Å². The fraction of sp³-hybridized carbons (Fsp3) is 0.500. The summed E-state index contributed by atoms with van der Waals surface area (Å²) in [6.45, 7) is 1.99. The molecule has 4 amide bonds. The maximum absolute atomic E-state index is 13.7. The number of fused-ring (bicyclic) bond motifs is 4. The van der Waals surface area contributed by atoms with E-state index in [0.29, 0.717) is 17.6 Å². The van der Waals surface area contributed by atoms with E-state index < -0.39 is 45.2 Å². The Morgan fingerprint density at radius 2 is 1.83 bits per heavy atom. The number of nitrogens with zero attached hydrogens (tertiary/aromatic N) is 2. The zero-order valence-electron chi connectivity index (χ0n) is 19.0. The van der Waals surface area contributed by atoms with Crippen molar-refractivity contribution in [2.45, 2.75) is 35.4 Å². The quantitative estimate of drug-likeness (QED) is 0.252. The summed E-state index contributed by atoms with van der Waals surface area (Å²) in [5.41, 5.74) is 1.05. The number of methoxy groups -OCH3 is 1. The van der Waals surface area contributed by atoms with E-state index in [0.717, 1.165) is 4.90 Å². The van der Waals surface area contributed by atoms with E-state index in [9.17, 15) is 24.3 Å². The lowest BCUT2D eigenvalue weighted by Crippen LogP contribution is -2.60. The number of allylic oxidation sites excluding steroid dienone is 2. The maximum Gasteiger partial charge on any atom is 0.254 e. The van der Waals surface area contributed by atoms with Gasteiger partial charge in [0.2, 0.25) is 11.8 Å². The number of hydrogen-bond acceptors (Lipinski definition) is 6. The molecule has 6 unspecified atom stereocenters. The van der Waals surface area contributed by atoms with Gasteiger partial charge in [0, 0.05) is 24.1 Å². The Labute approximate surface area is 220 Å². The molecule has 2 aliphatic heterocycles. The Morgan fingerprint density at radius 3 is 2.46 bits per heavy atom. The number of aromatic hydroxyl groups is 1. The highest BCUT2D eigenvalue weighted by molar-refractivity contribution is 9.09. The normalized spacial score (nSPS) is 36.2. The van der Waals surface area contributed by atoms with E-state index >= 15 is 0 Å². The molecule has 186 valence electrons. The number of phenols is 1. The van der Waals surface area contributed by atoms with Gasteiger partial charge in [0.15, 0.2) is 9.75 Å². The smallest absolute Gasteiger partial charge is 0.254 e. The van der Waals surface area contributed by atoms with Crippen LogP contribution in [0.3, 0.4) is 0 Å². The highest BCUT2D eigenvalue weighted by Crippen LogP contribution is 2.66. The lowest BCUT2D eigenvalue weighted by atomic mass is 9.56. The lowest BCUT2D eigenvalue weighted by Gasteiger charge is -2.51. The zero-order valence-corrected chi connectivity index (χ0v) is 22.1. The van der Waals surface area contributed by atoms with Gasteiger partial charge in [0.1, 0.15) is 11.5 Å². The van der Waals surface area contributed by atoms with Crippen LogP contribution in [0.25, 0.3) is 0 Å². The molecule has 5 rings (SSSR count). The number of ether oxygens (including phenoxy) is 1. The van der Waals surface area contributed by atoms with Crippen LogP contribution in [0, 0.1) is 17.8 Å². The van der Waals surface area contributed by atoms with E-state index in [4.69, 9.17) is 27.9 Å². The highest BCUT2D eigenvalue weighted by Gasteiger charge is 2.76. The third-order valence-corrected chi connectivity index (χ3v) is 9.87. The van der Waals surface area contributed by atoms with Crippen LogP contribution >= 0.6 is 39.1 Å². The van der Waals surface area contributed by atoms with Gasteiger partial charge in [-0.15, -0.1) is 23.2 Å². The molecule has 8 nitrogen and oxygen atoms in total. The first kappa shape index (κ1) is 24.6. The lowest BCUT2D eigenvalue weighted by molar-refractivity contribution is -0.141. The number of rotatable bonds is 4. The van der Waals surface area contributed by atoms with E-state index in [1.807, 2.05) is 6.08 Å². The molecule has 6 atom stereocenters. The molecule has 11 heteroatoms. The zero-order chi connectivity index (χ0) is 25.4. The van der Waals surface area contributed by atoms with Gasteiger partial charge in [-0.1, -0.05) is 33.6 Å². The summed E-state index contributed by atoms with van der Waals surface area (Å²) in [6.07, 6.45) is 2.11. The summed E-state index contributed by atoms with van der Waals surface area (Å²) in [5.74, 6) is -4.40. The number of phenolic OH excluding ortho intramolecular Hbond substituents is 1. The second-order valence-electron chi connectivity index (χ2n) is 9.33. The SMILES string of the molecule is CCN1C(=O)C2CC=C3C(CC4(Cl)C(=O)N(CBr)C(=O)C4(Cl)C3c3ccc(O)cc3OC)C2C1=O. The summed E-state index contributed by atoms with van der Waals surface area (Å²) in [6, 6.07) is 4.42. The second-order valence-corrected chi connectivity index (χ2v) is 11.1. The molecule has 2 aliphatic carbocycles. The van der Waals surface area contributed by atoms with Crippen molar-refractivity contribution in [1.29, 1.82) is 0 Å². The standard InChI is InChI=1S/C24H23BrCl2N2O6/c1-3-28-19(31)14-7-6-12-15(17(14)20(28)32)9-23(26)21(33)29(10-25)22(34)24(23,27)18(12)13-5-4-11(30)8-16(13)35-2/h4-6,8,14-15,17-18,30H,3,7,9-10H2,1-2H3. The molecule has 3 fully saturated rings. The molecule has 0 bridgehead atoms. The van der Waals surface area contributed by atoms with Crippen molar-refractivity contribution >= 4 is 62.8 Å². The van der Waals surface area contributed by atoms with Crippen LogP contribution in [0.2, 0.25) is 0 Å². The minimum Gasteiger partial charge on any atom is -0.508 e. The van der Waals surface area contributed by atoms with Crippen molar-refractivity contribution in [3.63, 3.8) is 0 Å². The number of carbonyl (C=O) groups is 4. The van der Waals surface area contributed by atoms with Crippen molar-refractivity contribution in [2.75, 3.05) is 19.1 Å². The van der Waals surface area contributed by atoms with Crippen LogP contribution in [-0.2, 0) is 19.2 Å². The third-order valence-electron chi connectivity index (χ3n) is 7.95. The first-order chi connectivity index (χ1) is 16.6. The van der Waals surface area contributed by atoms with Crippen LogP contribution in [0.1, 0.15) is 31.2 Å². The average Bonchev–Trinajstić information content (AvgIpc) is 3.17. The Hall–Kier alpha value is -2.10. The van der Waals surface area contributed by atoms with Gasteiger partial charge in [0.25, 0.3) is 11.8 Å². The van der Waals surface area contributed by atoms with Crippen LogP contribution in [-0.4, -0.2) is 67.4 Å². The van der Waals surface area contributed by atoms with E-state index in [1.54, 1.807) is 13.0 Å². The van der Waals surface area contributed by atoms with Crippen molar-refractivity contribution in [1.82, 2.24) is 9.80 Å². The minimum atomic E-state index is -1.91. The number of alkyl halides is 3. The number of hydrogen-bond donors (Lipinski definition) is 1. The average molecular weight is 586 g/mol. The van der Waals surface area contributed by atoms with Gasteiger partial charge in [-0.3, -0.25) is 29.0 Å². The largest absolute Gasteiger partial charge is 0.508 e. The van der Waals surface area contributed by atoms with Crippen molar-refractivity contribution in [3.8, 4) is 11.5 Å². The summed E-state index contributed by atoms with van der Waals surface area (Å²) < 4.78 is 5.52.